The minimum absolute atomic E-state index is 0.0779. The Bertz CT molecular complexity index is 787. The fraction of sp³-hybridized carbons (Fsp3) is 0.167. The zero-order valence-electron chi connectivity index (χ0n) is 11.5. The van der Waals surface area contributed by atoms with Crippen molar-refractivity contribution < 1.29 is 18.0 Å². The molecule has 1 aromatic carbocycles. The van der Waals surface area contributed by atoms with Gasteiger partial charge in [-0.05, 0) is 29.7 Å². The van der Waals surface area contributed by atoms with Gasteiger partial charge in [-0.2, -0.15) is 13.2 Å². The Labute approximate surface area is 140 Å². The number of anilines is 3. The molecule has 4 N–H and O–H groups in total. The summed E-state index contributed by atoms with van der Waals surface area (Å²) in [6.45, 7) is 0. The highest BCUT2D eigenvalue weighted by molar-refractivity contribution is 9.10. The average molecular weight is 411 g/mol. The molecule has 0 saturated carbocycles. The number of urea groups is 1. The third-order valence-electron chi connectivity index (χ3n) is 2.70. The zero-order valence-corrected chi connectivity index (χ0v) is 13.9. The fourth-order valence-corrected chi connectivity index (χ4v) is 2.81. The molecule has 1 heterocycles. The maximum Gasteiger partial charge on any atom is 0.417 e. The molecule has 2 amide bonds. The number of carbonyl (C=O) groups is 1. The van der Waals surface area contributed by atoms with E-state index in [2.05, 4.69) is 36.3 Å². The Kier molecular flexibility index (Phi) is 5.00. The molecule has 1 aromatic heterocycles. The molecule has 0 aliphatic heterocycles. The number of aromatic nitrogens is 1. The fourth-order valence-electron chi connectivity index (χ4n) is 1.63. The Morgan fingerprint density at radius 2 is 2.04 bits per heavy atom. The van der Waals surface area contributed by atoms with E-state index in [0.29, 0.717) is 0 Å². The Balaban J connectivity index is 2.34. The summed E-state index contributed by atoms with van der Waals surface area (Å²) >= 11 is 3.70. The molecule has 6 nitrogen and oxygen atoms in total. The minimum Gasteiger partial charge on any atom is -0.344 e. The molecule has 0 aliphatic carbocycles. The maximum absolute atomic E-state index is 12.9. The molecule has 2 aromatic rings. The first-order chi connectivity index (χ1) is 10.7. The van der Waals surface area contributed by atoms with Crippen molar-refractivity contribution in [2.24, 2.45) is 0 Å². The lowest BCUT2D eigenvalue weighted by Gasteiger charge is -2.12. The van der Waals surface area contributed by atoms with Crippen LogP contribution in [-0.4, -0.2) is 17.5 Å². The summed E-state index contributed by atoms with van der Waals surface area (Å²) in [5.41, 5.74) is -1.37. The number of alkyl halides is 3. The Morgan fingerprint density at radius 3 is 2.65 bits per heavy atom. The smallest absolute Gasteiger partial charge is 0.344 e. The minimum atomic E-state index is -4.52. The first-order valence-electron chi connectivity index (χ1n) is 6.06. The van der Waals surface area contributed by atoms with Crippen LogP contribution in [0.5, 0.6) is 0 Å². The van der Waals surface area contributed by atoms with E-state index < -0.39 is 23.3 Å². The van der Waals surface area contributed by atoms with Gasteiger partial charge in [-0.25, -0.2) is 4.79 Å². The van der Waals surface area contributed by atoms with Crippen molar-refractivity contribution in [3.05, 3.63) is 38.6 Å². The molecule has 0 fully saturated rings. The third-order valence-corrected chi connectivity index (χ3v) is 4.18. The highest BCUT2D eigenvalue weighted by Gasteiger charge is 2.33. The zero-order chi connectivity index (χ0) is 17.2. The molecule has 0 atom stereocenters. The Morgan fingerprint density at radius 1 is 1.35 bits per heavy atom. The summed E-state index contributed by atoms with van der Waals surface area (Å²) in [6, 6.07) is 2.93. The van der Waals surface area contributed by atoms with Crippen LogP contribution in [0.3, 0.4) is 0 Å². The van der Waals surface area contributed by atoms with E-state index in [1.54, 1.807) is 0 Å². The van der Waals surface area contributed by atoms with Gasteiger partial charge < -0.3 is 16.0 Å². The topological polar surface area (TPSA) is 86.0 Å². The van der Waals surface area contributed by atoms with Gasteiger partial charge in [0, 0.05) is 17.2 Å². The predicted octanol–water partition coefficient (Wildman–Crippen LogP) is 3.71. The lowest BCUT2D eigenvalue weighted by molar-refractivity contribution is -0.138. The number of H-pyrrole nitrogens is 1. The highest BCUT2D eigenvalue weighted by atomic mass is 79.9. The van der Waals surface area contributed by atoms with E-state index in [0.717, 1.165) is 17.6 Å². The SMILES string of the molecule is CNC(=O)Nc1c(Nc2ccc(Br)c(C(F)(F)F)c2)s[nH]c1=O. The van der Waals surface area contributed by atoms with Gasteiger partial charge in [0.15, 0.2) is 0 Å². The molecule has 23 heavy (non-hydrogen) atoms. The van der Waals surface area contributed by atoms with Gasteiger partial charge in [-0.3, -0.25) is 9.17 Å². The normalized spacial score (nSPS) is 11.2. The summed E-state index contributed by atoms with van der Waals surface area (Å²) < 4.78 is 41.0. The summed E-state index contributed by atoms with van der Waals surface area (Å²) in [5, 5.41) is 7.46. The van der Waals surface area contributed by atoms with Crippen LogP contribution in [0.15, 0.2) is 27.5 Å². The number of aromatic amines is 1. The number of benzene rings is 1. The molecule has 0 unspecified atom stereocenters. The summed E-state index contributed by atoms with van der Waals surface area (Å²) in [5.74, 6) is 0. The molecule has 124 valence electrons. The van der Waals surface area contributed by atoms with E-state index in [9.17, 15) is 22.8 Å². The lowest BCUT2D eigenvalue weighted by atomic mass is 10.2. The summed E-state index contributed by atoms with van der Waals surface area (Å²) in [4.78, 5) is 23.0. The summed E-state index contributed by atoms with van der Waals surface area (Å²) in [6.07, 6.45) is -4.52. The first kappa shape index (κ1) is 17.3. The van der Waals surface area contributed by atoms with Crippen LogP contribution in [0, 0.1) is 0 Å². The van der Waals surface area contributed by atoms with E-state index in [-0.39, 0.29) is 20.8 Å². The van der Waals surface area contributed by atoms with E-state index in [1.165, 1.54) is 19.2 Å². The molecule has 11 heteroatoms. The number of amides is 2. The van der Waals surface area contributed by atoms with Crippen molar-refractivity contribution in [3.8, 4) is 0 Å². The third kappa shape index (κ3) is 4.05. The summed E-state index contributed by atoms with van der Waals surface area (Å²) in [7, 11) is 1.37. The van der Waals surface area contributed by atoms with Crippen molar-refractivity contribution in [1.82, 2.24) is 9.69 Å². The molecule has 0 bridgehead atoms. The second kappa shape index (κ2) is 6.62. The highest BCUT2D eigenvalue weighted by Crippen LogP contribution is 2.37. The maximum atomic E-state index is 12.9. The second-order valence-electron chi connectivity index (χ2n) is 4.26. The lowest BCUT2D eigenvalue weighted by Crippen LogP contribution is -2.27. The number of rotatable bonds is 3. The van der Waals surface area contributed by atoms with E-state index in [4.69, 9.17) is 0 Å². The van der Waals surface area contributed by atoms with Crippen molar-refractivity contribution in [2.45, 2.75) is 6.18 Å². The molecule has 0 radical (unpaired) electrons. The largest absolute Gasteiger partial charge is 0.417 e. The molecule has 0 spiro atoms. The predicted molar refractivity (Wildman–Crippen MR) is 85.4 cm³/mol. The van der Waals surface area contributed by atoms with Crippen molar-refractivity contribution in [3.63, 3.8) is 0 Å². The molecular weight excluding hydrogens is 401 g/mol. The van der Waals surface area contributed by atoms with E-state index >= 15 is 0 Å². The molecular formula is C12H10BrF3N4O2S. The van der Waals surface area contributed by atoms with Crippen molar-refractivity contribution in [1.29, 1.82) is 0 Å². The Hall–Kier alpha value is -2.01. The van der Waals surface area contributed by atoms with Gasteiger partial charge in [0.25, 0.3) is 5.56 Å². The average Bonchev–Trinajstić information content (AvgIpc) is 2.81. The van der Waals surface area contributed by atoms with Crippen molar-refractivity contribution >= 4 is 49.9 Å². The monoisotopic (exact) mass is 410 g/mol. The van der Waals surface area contributed by atoms with Gasteiger partial charge in [-0.1, -0.05) is 15.9 Å². The number of hydrogen-bond donors (Lipinski definition) is 4. The van der Waals surface area contributed by atoms with E-state index in [1.807, 2.05) is 0 Å². The van der Waals surface area contributed by atoms with Crippen LogP contribution in [-0.2, 0) is 6.18 Å². The standard InChI is InChI=1S/C12H10BrF3N4O2S/c1-17-11(22)19-8-9(21)20-23-10(8)18-5-2-3-7(13)6(4-5)12(14,15)16/h2-4,18H,1H3,(H,20,21)(H2,17,19,22). The number of carbonyl (C=O) groups excluding carboxylic acids is 1. The first-order valence-corrected chi connectivity index (χ1v) is 7.67. The molecule has 0 saturated heterocycles. The van der Waals surface area contributed by atoms with Gasteiger partial charge in [0.1, 0.15) is 10.7 Å². The number of hydrogen-bond acceptors (Lipinski definition) is 4. The van der Waals surface area contributed by atoms with Crippen LogP contribution < -0.4 is 21.5 Å². The number of halogens is 4. The van der Waals surface area contributed by atoms with Crippen LogP contribution in [0.25, 0.3) is 0 Å². The van der Waals surface area contributed by atoms with Crippen LogP contribution in [0.1, 0.15) is 5.56 Å². The number of nitrogens with one attached hydrogen (secondary N) is 4. The second-order valence-corrected chi connectivity index (χ2v) is 5.93. The quantitative estimate of drug-likeness (QED) is 0.621. The van der Waals surface area contributed by atoms with Gasteiger partial charge in [0.2, 0.25) is 0 Å². The van der Waals surface area contributed by atoms with Gasteiger partial charge in [-0.15, -0.1) is 0 Å². The molecule has 0 aliphatic rings. The van der Waals surface area contributed by atoms with Crippen molar-refractivity contribution in [2.75, 3.05) is 17.7 Å². The van der Waals surface area contributed by atoms with Gasteiger partial charge >= 0.3 is 12.2 Å². The molecule has 2 rings (SSSR count). The van der Waals surface area contributed by atoms with Crippen LogP contribution in [0.2, 0.25) is 0 Å². The van der Waals surface area contributed by atoms with Gasteiger partial charge in [0.05, 0.1) is 5.56 Å². The van der Waals surface area contributed by atoms with Crippen LogP contribution in [0.4, 0.5) is 34.3 Å². The van der Waals surface area contributed by atoms with Crippen LogP contribution >= 0.6 is 27.5 Å².